The third kappa shape index (κ3) is 3.38. The summed E-state index contributed by atoms with van der Waals surface area (Å²) in [5.41, 5.74) is 2.37. The van der Waals surface area contributed by atoms with Crippen LogP contribution in [-0.2, 0) is 22.6 Å². The Morgan fingerprint density at radius 3 is 2.79 bits per heavy atom. The van der Waals surface area contributed by atoms with E-state index in [-0.39, 0.29) is 0 Å². The van der Waals surface area contributed by atoms with Crippen molar-refractivity contribution in [2.45, 2.75) is 13.0 Å². The van der Waals surface area contributed by atoms with E-state index in [1.165, 1.54) is 11.1 Å². The van der Waals surface area contributed by atoms with Gasteiger partial charge < -0.3 is 9.57 Å². The summed E-state index contributed by atoms with van der Waals surface area (Å²) in [6.45, 7) is 1.14. The summed E-state index contributed by atoms with van der Waals surface area (Å²) >= 11 is 3.42. The fourth-order valence-electron chi connectivity index (χ4n) is 1.30. The third-order valence-electron chi connectivity index (χ3n) is 1.96. The van der Waals surface area contributed by atoms with Crippen molar-refractivity contribution in [2.24, 2.45) is 5.90 Å². The maximum atomic E-state index is 5.11. The molecule has 0 radical (unpaired) electrons. The van der Waals surface area contributed by atoms with Crippen molar-refractivity contribution in [1.82, 2.24) is 0 Å². The van der Waals surface area contributed by atoms with Crippen LogP contribution in [0.4, 0.5) is 0 Å². The van der Waals surface area contributed by atoms with Crippen molar-refractivity contribution < 1.29 is 9.57 Å². The average molecular weight is 260 g/mol. The van der Waals surface area contributed by atoms with E-state index in [4.69, 9.17) is 10.6 Å². The fraction of sp³-hybridized carbons (Fsp3) is 0.400. The van der Waals surface area contributed by atoms with Crippen molar-refractivity contribution >= 4 is 15.9 Å². The molecule has 0 atom stereocenters. The zero-order valence-corrected chi connectivity index (χ0v) is 9.71. The largest absolute Gasteiger partial charge is 0.380 e. The number of hydrogen-bond acceptors (Lipinski definition) is 3. The molecule has 0 unspecified atom stereocenters. The Morgan fingerprint density at radius 1 is 1.36 bits per heavy atom. The maximum Gasteiger partial charge on any atom is 0.0719 e. The van der Waals surface area contributed by atoms with Gasteiger partial charge in [-0.2, -0.15) is 0 Å². The van der Waals surface area contributed by atoms with Gasteiger partial charge in [-0.3, -0.25) is 0 Å². The molecule has 0 aromatic heterocycles. The van der Waals surface area contributed by atoms with Crippen molar-refractivity contribution in [3.8, 4) is 0 Å². The van der Waals surface area contributed by atoms with E-state index >= 15 is 0 Å². The minimum absolute atomic E-state index is 0.526. The van der Waals surface area contributed by atoms with Gasteiger partial charge >= 0.3 is 0 Å². The summed E-state index contributed by atoms with van der Waals surface area (Å²) < 4.78 is 6.17. The highest BCUT2D eigenvalue weighted by Gasteiger charge is 2.02. The molecule has 0 aliphatic heterocycles. The average Bonchev–Trinajstić information content (AvgIpc) is 2.17. The minimum Gasteiger partial charge on any atom is -0.380 e. The zero-order valence-electron chi connectivity index (χ0n) is 8.13. The molecule has 4 heteroatoms. The predicted molar refractivity (Wildman–Crippen MR) is 58.7 cm³/mol. The molecule has 0 spiro atoms. The van der Waals surface area contributed by atoms with Gasteiger partial charge in [0, 0.05) is 11.6 Å². The van der Waals surface area contributed by atoms with Crippen LogP contribution in [-0.4, -0.2) is 13.7 Å². The summed E-state index contributed by atoms with van der Waals surface area (Å²) in [5, 5.41) is 0. The second-order valence-electron chi connectivity index (χ2n) is 2.97. The van der Waals surface area contributed by atoms with E-state index in [9.17, 15) is 0 Å². The van der Waals surface area contributed by atoms with Gasteiger partial charge in [0.05, 0.1) is 13.2 Å². The molecule has 3 nitrogen and oxygen atoms in total. The van der Waals surface area contributed by atoms with Gasteiger partial charge in [-0.25, -0.2) is 5.90 Å². The number of ether oxygens (including phenoxy) is 1. The van der Waals surface area contributed by atoms with Crippen LogP contribution in [0.25, 0.3) is 0 Å². The fourth-order valence-corrected chi connectivity index (χ4v) is 1.71. The monoisotopic (exact) mass is 259 g/mol. The van der Waals surface area contributed by atoms with Gasteiger partial charge in [0.15, 0.2) is 0 Å². The molecule has 0 heterocycles. The number of hydrogen-bond donors (Lipinski definition) is 1. The van der Waals surface area contributed by atoms with Crippen LogP contribution in [0.1, 0.15) is 11.1 Å². The Balaban J connectivity index is 2.78. The van der Waals surface area contributed by atoms with Crippen molar-refractivity contribution in [2.75, 3.05) is 13.7 Å². The third-order valence-corrected chi connectivity index (χ3v) is 2.45. The first kappa shape index (κ1) is 11.7. The second kappa shape index (κ2) is 6.14. The molecule has 1 aromatic carbocycles. The van der Waals surface area contributed by atoms with E-state index in [2.05, 4.69) is 32.9 Å². The highest BCUT2D eigenvalue weighted by Crippen LogP contribution is 2.18. The van der Waals surface area contributed by atoms with E-state index in [0.717, 1.165) is 10.9 Å². The molecule has 1 rings (SSSR count). The Kier molecular flexibility index (Phi) is 5.11. The summed E-state index contributed by atoms with van der Waals surface area (Å²) in [6.07, 6.45) is 0.808. The molecule has 78 valence electrons. The predicted octanol–water partition coefficient (Wildman–Crippen LogP) is 2.03. The molecule has 0 amide bonds. The van der Waals surface area contributed by atoms with E-state index in [0.29, 0.717) is 13.2 Å². The van der Waals surface area contributed by atoms with Crippen LogP contribution in [0.5, 0.6) is 0 Å². The van der Waals surface area contributed by atoms with Crippen LogP contribution in [0.3, 0.4) is 0 Å². The molecule has 0 fully saturated rings. The van der Waals surface area contributed by atoms with Gasteiger partial charge in [-0.05, 0) is 29.7 Å². The van der Waals surface area contributed by atoms with Crippen LogP contribution in [0.15, 0.2) is 22.7 Å². The molecule has 2 N–H and O–H groups in total. The topological polar surface area (TPSA) is 44.5 Å². The van der Waals surface area contributed by atoms with Crippen molar-refractivity contribution in [3.63, 3.8) is 0 Å². The molecule has 0 aliphatic carbocycles. The summed E-state index contributed by atoms with van der Waals surface area (Å²) in [4.78, 5) is 4.56. The Bertz CT molecular complexity index is 291. The lowest BCUT2D eigenvalue weighted by Gasteiger charge is -2.08. The molecule has 14 heavy (non-hydrogen) atoms. The SMILES string of the molecule is COCc1cc(Br)ccc1CCON. The number of methoxy groups -OCH3 is 1. The van der Waals surface area contributed by atoms with E-state index < -0.39 is 0 Å². The van der Waals surface area contributed by atoms with Crippen molar-refractivity contribution in [3.05, 3.63) is 33.8 Å². The summed E-state index contributed by atoms with van der Waals surface area (Å²) in [5.74, 6) is 4.99. The normalized spacial score (nSPS) is 10.5. The Morgan fingerprint density at radius 2 is 2.14 bits per heavy atom. The van der Waals surface area contributed by atoms with Gasteiger partial charge in [0.2, 0.25) is 0 Å². The van der Waals surface area contributed by atoms with Crippen LogP contribution in [0.2, 0.25) is 0 Å². The number of benzene rings is 1. The second-order valence-corrected chi connectivity index (χ2v) is 3.88. The molecule has 0 saturated heterocycles. The van der Waals surface area contributed by atoms with Crippen LogP contribution >= 0.6 is 15.9 Å². The number of halogens is 1. The molecule has 1 aromatic rings. The Hall–Kier alpha value is -0.420. The van der Waals surface area contributed by atoms with E-state index in [1.807, 2.05) is 6.07 Å². The smallest absolute Gasteiger partial charge is 0.0719 e. The lowest BCUT2D eigenvalue weighted by Crippen LogP contribution is -2.06. The van der Waals surface area contributed by atoms with Gasteiger partial charge in [0.25, 0.3) is 0 Å². The lowest BCUT2D eigenvalue weighted by atomic mass is 10.1. The summed E-state index contributed by atoms with van der Waals surface area (Å²) in [7, 11) is 1.68. The molecule has 0 bridgehead atoms. The molecule has 0 aliphatic rings. The van der Waals surface area contributed by atoms with Crippen LogP contribution in [0, 0.1) is 0 Å². The number of nitrogens with two attached hydrogens (primary N) is 1. The number of rotatable bonds is 5. The quantitative estimate of drug-likeness (QED) is 0.824. The first-order chi connectivity index (χ1) is 6.77. The molecule has 0 saturated carbocycles. The highest BCUT2D eigenvalue weighted by molar-refractivity contribution is 9.10. The zero-order chi connectivity index (χ0) is 10.4. The first-order valence-electron chi connectivity index (χ1n) is 4.36. The van der Waals surface area contributed by atoms with E-state index in [1.54, 1.807) is 7.11 Å². The van der Waals surface area contributed by atoms with Gasteiger partial charge in [-0.15, -0.1) is 0 Å². The summed E-state index contributed by atoms with van der Waals surface area (Å²) in [6, 6.07) is 6.11. The van der Waals surface area contributed by atoms with Crippen LogP contribution < -0.4 is 5.90 Å². The first-order valence-corrected chi connectivity index (χ1v) is 5.15. The van der Waals surface area contributed by atoms with Crippen molar-refractivity contribution in [1.29, 1.82) is 0 Å². The highest BCUT2D eigenvalue weighted by atomic mass is 79.9. The Labute approximate surface area is 92.3 Å². The lowest BCUT2D eigenvalue weighted by molar-refractivity contribution is 0.140. The standard InChI is InChI=1S/C10H14BrNO2/c1-13-7-9-6-10(11)3-2-8(9)4-5-14-12/h2-3,6H,4-5,7,12H2,1H3. The minimum atomic E-state index is 0.526. The van der Waals surface area contributed by atoms with Gasteiger partial charge in [0.1, 0.15) is 0 Å². The molecular formula is C10H14BrNO2. The van der Waals surface area contributed by atoms with Gasteiger partial charge in [-0.1, -0.05) is 22.0 Å². The maximum absolute atomic E-state index is 5.11. The molecular weight excluding hydrogens is 246 g/mol.